The van der Waals surface area contributed by atoms with E-state index in [1.807, 2.05) is 0 Å². The molecule has 1 heterocycles. The number of carbonyl (C=O) groups excluding carboxylic acids is 1. The van der Waals surface area contributed by atoms with Crippen LogP contribution in [0.1, 0.15) is 0 Å². The largest absolute Gasteiger partial charge is 0.347 e. The second kappa shape index (κ2) is 3.99. The summed E-state index contributed by atoms with van der Waals surface area (Å²) in [6.45, 7) is -0.0114. The van der Waals surface area contributed by atoms with Crippen LogP contribution in [-0.2, 0) is 21.4 Å². The fraction of sp³-hybridized carbons (Fsp3) is 0.429. The average Bonchev–Trinajstić information content (AvgIpc) is 2.51. The van der Waals surface area contributed by atoms with Crippen molar-refractivity contribution in [2.24, 2.45) is 5.14 Å². The molecule has 15 heavy (non-hydrogen) atoms. The van der Waals surface area contributed by atoms with Crippen LogP contribution < -0.4 is 5.14 Å². The van der Waals surface area contributed by atoms with Gasteiger partial charge in [-0.05, 0) is 0 Å². The third-order valence-corrected chi connectivity index (χ3v) is 2.60. The number of nitrogens with two attached hydrogens (primary N) is 1. The minimum absolute atomic E-state index is 0.0114. The van der Waals surface area contributed by atoms with E-state index in [1.54, 1.807) is 14.1 Å². The Labute approximate surface area is 87.5 Å². The minimum Gasteiger partial charge on any atom is -0.347 e. The smallest absolute Gasteiger partial charge is 0.243 e. The molecule has 1 rings (SSSR count). The highest BCUT2D eigenvalue weighted by Gasteiger charge is 2.12. The van der Waals surface area contributed by atoms with Crippen LogP contribution in [0.2, 0.25) is 0 Å². The van der Waals surface area contributed by atoms with Gasteiger partial charge in [0, 0.05) is 20.3 Å². The SMILES string of the molecule is CN(C)C(=O)Cn1cc(S(N)(=O)=O)cn1. The molecule has 8 heteroatoms. The van der Waals surface area contributed by atoms with Crippen molar-refractivity contribution in [2.45, 2.75) is 11.4 Å². The third-order valence-electron chi connectivity index (χ3n) is 1.73. The Kier molecular flexibility index (Phi) is 3.10. The number of primary sulfonamides is 1. The normalized spacial score (nSPS) is 11.4. The predicted molar refractivity (Wildman–Crippen MR) is 52.3 cm³/mol. The van der Waals surface area contributed by atoms with Crippen molar-refractivity contribution < 1.29 is 13.2 Å². The zero-order valence-corrected chi connectivity index (χ0v) is 9.23. The monoisotopic (exact) mass is 232 g/mol. The standard InChI is InChI=1S/C7H12N4O3S/c1-10(2)7(12)5-11-4-6(3-9-11)15(8,13)14/h3-4H,5H2,1-2H3,(H2,8,13,14). The third kappa shape index (κ3) is 3.03. The molecule has 0 aliphatic carbocycles. The maximum Gasteiger partial charge on any atom is 0.243 e. The lowest BCUT2D eigenvalue weighted by Crippen LogP contribution is -2.26. The second-order valence-corrected chi connectivity index (χ2v) is 4.77. The Morgan fingerprint density at radius 1 is 1.60 bits per heavy atom. The topological polar surface area (TPSA) is 98.3 Å². The van der Waals surface area contributed by atoms with Gasteiger partial charge >= 0.3 is 0 Å². The van der Waals surface area contributed by atoms with Crippen LogP contribution in [0.5, 0.6) is 0 Å². The van der Waals surface area contributed by atoms with Gasteiger partial charge < -0.3 is 4.90 Å². The highest BCUT2D eigenvalue weighted by atomic mass is 32.2. The van der Waals surface area contributed by atoms with Gasteiger partial charge in [0.15, 0.2) is 0 Å². The molecule has 0 unspecified atom stereocenters. The number of hydrogen-bond acceptors (Lipinski definition) is 4. The molecule has 0 saturated heterocycles. The lowest BCUT2D eigenvalue weighted by atomic mass is 10.5. The lowest BCUT2D eigenvalue weighted by Gasteiger charge is -2.09. The lowest BCUT2D eigenvalue weighted by molar-refractivity contribution is -0.129. The summed E-state index contributed by atoms with van der Waals surface area (Å²) >= 11 is 0. The predicted octanol–water partition coefficient (Wildman–Crippen LogP) is -1.38. The number of rotatable bonds is 3. The van der Waals surface area contributed by atoms with Gasteiger partial charge in [0.25, 0.3) is 0 Å². The molecule has 0 aliphatic rings. The Hall–Kier alpha value is -1.41. The van der Waals surface area contributed by atoms with E-state index in [-0.39, 0.29) is 17.3 Å². The zero-order valence-electron chi connectivity index (χ0n) is 8.41. The summed E-state index contributed by atoms with van der Waals surface area (Å²) < 4.78 is 23.0. The van der Waals surface area contributed by atoms with Crippen molar-refractivity contribution in [3.8, 4) is 0 Å². The number of hydrogen-bond donors (Lipinski definition) is 1. The van der Waals surface area contributed by atoms with Gasteiger partial charge in [0.2, 0.25) is 15.9 Å². The van der Waals surface area contributed by atoms with Crippen LogP contribution in [0.3, 0.4) is 0 Å². The Morgan fingerprint density at radius 3 is 2.60 bits per heavy atom. The van der Waals surface area contributed by atoms with Crippen LogP contribution in [0.15, 0.2) is 17.3 Å². The molecule has 0 aromatic carbocycles. The van der Waals surface area contributed by atoms with E-state index in [9.17, 15) is 13.2 Å². The van der Waals surface area contributed by atoms with Crippen LogP contribution in [-0.4, -0.2) is 43.1 Å². The van der Waals surface area contributed by atoms with Crippen LogP contribution in [0.4, 0.5) is 0 Å². The molecule has 0 bridgehead atoms. The van der Waals surface area contributed by atoms with Crippen molar-refractivity contribution in [2.75, 3.05) is 14.1 Å². The number of sulfonamides is 1. The van der Waals surface area contributed by atoms with E-state index >= 15 is 0 Å². The first-order valence-electron chi connectivity index (χ1n) is 4.06. The van der Waals surface area contributed by atoms with E-state index < -0.39 is 10.0 Å². The number of aromatic nitrogens is 2. The summed E-state index contributed by atoms with van der Waals surface area (Å²) in [4.78, 5) is 12.5. The first-order valence-corrected chi connectivity index (χ1v) is 5.61. The Morgan fingerprint density at radius 2 is 2.20 bits per heavy atom. The summed E-state index contributed by atoms with van der Waals surface area (Å²) in [6.07, 6.45) is 2.33. The van der Waals surface area contributed by atoms with Gasteiger partial charge in [0.1, 0.15) is 11.4 Å². The van der Waals surface area contributed by atoms with Crippen molar-refractivity contribution in [1.82, 2.24) is 14.7 Å². The van der Waals surface area contributed by atoms with Gasteiger partial charge in [-0.15, -0.1) is 0 Å². The molecule has 0 saturated carbocycles. The van der Waals surface area contributed by atoms with Crippen molar-refractivity contribution in [3.05, 3.63) is 12.4 Å². The molecule has 0 spiro atoms. The molecule has 0 aliphatic heterocycles. The highest BCUT2D eigenvalue weighted by molar-refractivity contribution is 7.89. The van der Waals surface area contributed by atoms with Gasteiger partial charge in [-0.2, -0.15) is 5.10 Å². The number of nitrogens with zero attached hydrogens (tertiary/aromatic N) is 3. The first-order chi connectivity index (χ1) is 6.80. The summed E-state index contributed by atoms with van der Waals surface area (Å²) in [5, 5.41) is 8.60. The molecule has 0 atom stereocenters. The van der Waals surface area contributed by atoms with E-state index in [2.05, 4.69) is 5.10 Å². The first kappa shape index (κ1) is 11.7. The minimum atomic E-state index is -3.75. The molecular formula is C7H12N4O3S. The summed E-state index contributed by atoms with van der Waals surface area (Å²) in [6, 6.07) is 0. The molecule has 0 radical (unpaired) electrons. The highest BCUT2D eigenvalue weighted by Crippen LogP contribution is 2.03. The Bertz CT molecular complexity index is 462. The molecule has 7 nitrogen and oxygen atoms in total. The average molecular weight is 232 g/mol. The number of amides is 1. The van der Waals surface area contributed by atoms with E-state index in [0.717, 1.165) is 6.20 Å². The van der Waals surface area contributed by atoms with E-state index in [4.69, 9.17) is 5.14 Å². The number of likely N-dealkylation sites (N-methyl/N-ethyl adjacent to an activating group) is 1. The van der Waals surface area contributed by atoms with E-state index in [0.29, 0.717) is 0 Å². The summed E-state index contributed by atoms with van der Waals surface area (Å²) in [5.41, 5.74) is 0. The molecular weight excluding hydrogens is 220 g/mol. The molecule has 1 aromatic rings. The maximum atomic E-state index is 11.3. The second-order valence-electron chi connectivity index (χ2n) is 3.21. The Balaban J connectivity index is 2.83. The van der Waals surface area contributed by atoms with Crippen molar-refractivity contribution in [1.29, 1.82) is 0 Å². The molecule has 0 fully saturated rings. The van der Waals surface area contributed by atoms with Crippen LogP contribution >= 0.6 is 0 Å². The van der Waals surface area contributed by atoms with Crippen LogP contribution in [0.25, 0.3) is 0 Å². The van der Waals surface area contributed by atoms with Crippen molar-refractivity contribution >= 4 is 15.9 Å². The molecule has 2 N–H and O–H groups in total. The maximum absolute atomic E-state index is 11.3. The van der Waals surface area contributed by atoms with Gasteiger partial charge in [-0.1, -0.05) is 0 Å². The summed E-state index contributed by atoms with van der Waals surface area (Å²) in [7, 11) is -0.539. The summed E-state index contributed by atoms with van der Waals surface area (Å²) in [5.74, 6) is -0.181. The zero-order chi connectivity index (χ0) is 11.6. The van der Waals surface area contributed by atoms with Gasteiger partial charge in [0.05, 0.1) is 6.20 Å². The molecule has 1 amide bonds. The van der Waals surface area contributed by atoms with Crippen molar-refractivity contribution in [3.63, 3.8) is 0 Å². The molecule has 84 valence electrons. The van der Waals surface area contributed by atoms with Gasteiger partial charge in [-0.25, -0.2) is 13.6 Å². The van der Waals surface area contributed by atoms with E-state index in [1.165, 1.54) is 15.8 Å². The fourth-order valence-electron chi connectivity index (χ4n) is 0.858. The quantitative estimate of drug-likeness (QED) is 0.694. The van der Waals surface area contributed by atoms with Crippen LogP contribution in [0, 0.1) is 0 Å². The fourth-order valence-corrected chi connectivity index (χ4v) is 1.32. The van der Waals surface area contributed by atoms with Gasteiger partial charge in [-0.3, -0.25) is 9.48 Å². The molecule has 1 aromatic heterocycles. The number of carbonyl (C=O) groups is 1.